The second kappa shape index (κ2) is 9.29. The average molecular weight is 532 g/mol. The van der Waals surface area contributed by atoms with Gasteiger partial charge in [-0.25, -0.2) is 12.8 Å². The molecule has 0 amide bonds. The summed E-state index contributed by atoms with van der Waals surface area (Å²) in [7, 11) is -4.58. The smallest absolute Gasteiger partial charge is 0.404 e. The van der Waals surface area contributed by atoms with Crippen LogP contribution in [-0.2, 0) is 16.6 Å². The molecule has 1 aliphatic carbocycles. The van der Waals surface area contributed by atoms with E-state index in [1.807, 2.05) is 6.07 Å². The van der Waals surface area contributed by atoms with Crippen molar-refractivity contribution >= 4 is 20.9 Å². The maximum Gasteiger partial charge on any atom is 0.404 e. The zero-order valence-electron chi connectivity index (χ0n) is 18.5. The van der Waals surface area contributed by atoms with Crippen LogP contribution in [0, 0.1) is 23.1 Å². The van der Waals surface area contributed by atoms with E-state index >= 15 is 0 Å². The molecule has 192 valence electrons. The molecule has 1 unspecified atom stereocenters. The Labute approximate surface area is 201 Å². The Kier molecular flexibility index (Phi) is 6.65. The van der Waals surface area contributed by atoms with Gasteiger partial charge < -0.3 is 9.30 Å². The number of hydrogen-bond acceptors (Lipinski definition) is 5. The first kappa shape index (κ1) is 25.8. The van der Waals surface area contributed by atoms with Crippen molar-refractivity contribution in [3.8, 4) is 23.2 Å². The first-order valence-electron chi connectivity index (χ1n) is 10.6. The summed E-state index contributed by atoms with van der Waals surface area (Å²) in [5.74, 6) is -1.23. The summed E-state index contributed by atoms with van der Waals surface area (Å²) >= 11 is 0. The summed E-state index contributed by atoms with van der Waals surface area (Å²) in [4.78, 5) is 3.48. The Hall–Kier alpha value is -3.31. The fraction of sp³-hybridized carbons (Fsp3) is 0.364. The van der Waals surface area contributed by atoms with Crippen molar-refractivity contribution in [2.24, 2.45) is 5.92 Å². The summed E-state index contributed by atoms with van der Waals surface area (Å²) in [5, 5.41) is 9.67. The number of nitrogens with one attached hydrogen (secondary N) is 1. The minimum Gasteiger partial charge on any atom is -0.435 e. The van der Waals surface area contributed by atoms with Crippen LogP contribution >= 0.6 is 0 Å². The second-order valence-electron chi connectivity index (χ2n) is 8.33. The lowest BCUT2D eigenvalue weighted by Gasteiger charge is -2.17. The molecule has 36 heavy (non-hydrogen) atoms. The number of rotatable bonds is 8. The number of pyridine rings is 1. The maximum atomic E-state index is 15.0. The molecule has 1 N–H and O–H groups in total. The lowest BCUT2D eigenvalue weighted by atomic mass is 10.1. The zero-order chi connectivity index (χ0) is 26.4. The highest BCUT2D eigenvalue weighted by Crippen LogP contribution is 2.40. The van der Waals surface area contributed by atoms with Gasteiger partial charge >= 0.3 is 12.8 Å². The Morgan fingerprint density at radius 1 is 1.28 bits per heavy atom. The van der Waals surface area contributed by atoms with E-state index < -0.39 is 45.3 Å². The topological polar surface area (TPSA) is 97.0 Å². The normalized spacial score (nSPS) is 15.3. The third-order valence-electron chi connectivity index (χ3n) is 5.68. The molecule has 1 fully saturated rings. The molecule has 2 aromatic heterocycles. The summed E-state index contributed by atoms with van der Waals surface area (Å²) in [6, 6.07) is 3.65. The van der Waals surface area contributed by atoms with Crippen molar-refractivity contribution in [2.75, 3.05) is 0 Å². The molecule has 7 nitrogen and oxygen atoms in total. The molecule has 0 spiro atoms. The zero-order valence-corrected chi connectivity index (χ0v) is 19.3. The van der Waals surface area contributed by atoms with Crippen LogP contribution in [-0.4, -0.2) is 36.8 Å². The number of nitriles is 1. The summed E-state index contributed by atoms with van der Waals surface area (Å²) in [6.07, 6.45) is -2.28. The molecule has 1 saturated carbocycles. The minimum absolute atomic E-state index is 0.0435. The first-order chi connectivity index (χ1) is 16.8. The van der Waals surface area contributed by atoms with Crippen molar-refractivity contribution in [2.45, 2.75) is 50.0 Å². The van der Waals surface area contributed by atoms with Gasteiger partial charge in [0.05, 0.1) is 27.9 Å². The van der Waals surface area contributed by atoms with Crippen LogP contribution in [0.25, 0.3) is 22.3 Å². The van der Waals surface area contributed by atoms with E-state index in [0.717, 1.165) is 31.2 Å². The third kappa shape index (κ3) is 5.12. The molecule has 4 rings (SSSR count). The molecular formula is C22H18F6N4O3S. The molecule has 0 aliphatic heterocycles. The molecule has 1 aromatic carbocycles. The fourth-order valence-electron chi connectivity index (χ4n) is 3.74. The quantitative estimate of drug-likeness (QED) is 0.414. The van der Waals surface area contributed by atoms with Crippen LogP contribution in [0.1, 0.15) is 25.3 Å². The largest absolute Gasteiger partial charge is 0.435 e. The van der Waals surface area contributed by atoms with Crippen LogP contribution in [0.2, 0.25) is 0 Å². The van der Waals surface area contributed by atoms with E-state index in [2.05, 4.69) is 9.72 Å². The highest BCUT2D eigenvalue weighted by atomic mass is 32.2. The molecule has 0 bridgehead atoms. The van der Waals surface area contributed by atoms with Crippen molar-refractivity contribution in [1.82, 2.24) is 14.3 Å². The highest BCUT2D eigenvalue weighted by molar-refractivity contribution is 7.89. The third-order valence-corrected chi connectivity index (χ3v) is 7.20. The van der Waals surface area contributed by atoms with Gasteiger partial charge in [0.25, 0.3) is 0 Å². The van der Waals surface area contributed by atoms with Gasteiger partial charge in [-0.05, 0) is 37.8 Å². The summed E-state index contributed by atoms with van der Waals surface area (Å²) < 4.78 is 111. The lowest BCUT2D eigenvalue weighted by Crippen LogP contribution is -2.42. The maximum absolute atomic E-state index is 15.0. The van der Waals surface area contributed by atoms with Crippen molar-refractivity contribution in [3.63, 3.8) is 0 Å². The van der Waals surface area contributed by atoms with Crippen molar-refractivity contribution in [1.29, 1.82) is 5.26 Å². The van der Waals surface area contributed by atoms with Gasteiger partial charge in [0, 0.05) is 24.9 Å². The second-order valence-corrected chi connectivity index (χ2v) is 10.0. The molecule has 0 radical (unpaired) electrons. The van der Waals surface area contributed by atoms with E-state index in [9.17, 15) is 40.0 Å². The van der Waals surface area contributed by atoms with E-state index in [1.54, 1.807) is 0 Å². The SMILES string of the molecule is CC(NS(=O)(=O)c1ccc(-c2c(C#N)c3c(F)cc(OC(F)F)cc3n2CC2CC2)nc1)C(F)(F)F. The van der Waals surface area contributed by atoms with Crippen molar-refractivity contribution < 1.29 is 39.5 Å². The van der Waals surface area contributed by atoms with E-state index in [4.69, 9.17) is 0 Å². The van der Waals surface area contributed by atoms with Gasteiger partial charge in [-0.3, -0.25) is 4.98 Å². The van der Waals surface area contributed by atoms with Gasteiger partial charge in [-0.2, -0.15) is 31.9 Å². The van der Waals surface area contributed by atoms with Crippen LogP contribution in [0.3, 0.4) is 0 Å². The number of hydrogen-bond donors (Lipinski definition) is 1. The van der Waals surface area contributed by atoms with E-state index in [0.29, 0.717) is 13.5 Å². The average Bonchev–Trinajstić information content (AvgIpc) is 3.54. The van der Waals surface area contributed by atoms with Crippen LogP contribution in [0.5, 0.6) is 5.75 Å². The number of fused-ring (bicyclic) bond motifs is 1. The Morgan fingerprint density at radius 3 is 2.50 bits per heavy atom. The minimum atomic E-state index is -4.80. The van der Waals surface area contributed by atoms with Crippen molar-refractivity contribution in [3.05, 3.63) is 41.8 Å². The first-order valence-corrected chi connectivity index (χ1v) is 12.1. The standard InChI is InChI=1S/C22H18F6N4O3S/c1-11(22(26,27)28)31-36(33,34)14-4-5-17(30-9-14)20-15(8-29)19-16(23)6-13(35-21(24)25)7-18(19)32(20)10-12-2-3-12/h4-7,9,11-12,21,31H,2-3,10H2,1H3. The molecule has 14 heteroatoms. The fourth-order valence-corrected chi connectivity index (χ4v) is 4.92. The number of sulfonamides is 1. The van der Waals surface area contributed by atoms with E-state index in [1.165, 1.54) is 21.4 Å². The van der Waals surface area contributed by atoms with Gasteiger partial charge in [0.1, 0.15) is 28.6 Å². The van der Waals surface area contributed by atoms with Gasteiger partial charge in [0.2, 0.25) is 10.0 Å². The van der Waals surface area contributed by atoms with E-state index in [-0.39, 0.29) is 33.8 Å². The predicted molar refractivity (Wildman–Crippen MR) is 115 cm³/mol. The van der Waals surface area contributed by atoms with Crippen LogP contribution < -0.4 is 9.46 Å². The number of nitrogens with zero attached hydrogens (tertiary/aromatic N) is 3. The molecule has 3 aromatic rings. The summed E-state index contributed by atoms with van der Waals surface area (Å²) in [6.45, 7) is -2.25. The number of alkyl halides is 5. The Bertz CT molecular complexity index is 1440. The molecule has 2 heterocycles. The lowest BCUT2D eigenvalue weighted by molar-refractivity contribution is -0.147. The molecular weight excluding hydrogens is 514 g/mol. The van der Waals surface area contributed by atoms with Gasteiger partial charge in [-0.15, -0.1) is 0 Å². The molecule has 1 atom stereocenters. The number of ether oxygens (including phenoxy) is 1. The van der Waals surface area contributed by atoms with Gasteiger partial charge in [0.15, 0.2) is 0 Å². The number of aromatic nitrogens is 2. The number of benzene rings is 1. The predicted octanol–water partition coefficient (Wildman–Crippen LogP) is 4.95. The Morgan fingerprint density at radius 2 is 1.97 bits per heavy atom. The summed E-state index contributed by atoms with van der Waals surface area (Å²) in [5.41, 5.74) is 0.122. The number of halogens is 6. The Balaban J connectivity index is 1.82. The van der Waals surface area contributed by atoms with Gasteiger partial charge in [-0.1, -0.05) is 0 Å². The highest BCUT2D eigenvalue weighted by Gasteiger charge is 2.39. The van der Waals surface area contributed by atoms with Crippen LogP contribution in [0.15, 0.2) is 35.4 Å². The molecule has 0 saturated heterocycles. The molecule has 1 aliphatic rings. The monoisotopic (exact) mass is 532 g/mol. The van der Waals surface area contributed by atoms with Crippen LogP contribution in [0.4, 0.5) is 26.3 Å².